The largest absolute Gasteiger partial charge is 0.462 e. The molecule has 3 nitrogen and oxygen atoms in total. The summed E-state index contributed by atoms with van der Waals surface area (Å²) in [5, 5.41) is 0. The van der Waals surface area contributed by atoms with Crippen LogP contribution in [0, 0.1) is 13.8 Å². The number of hydrogen-bond donors (Lipinski definition) is 1. The van der Waals surface area contributed by atoms with Crippen LogP contribution in [0.2, 0.25) is 0 Å². The van der Waals surface area contributed by atoms with Gasteiger partial charge in [-0.2, -0.15) is 0 Å². The lowest BCUT2D eigenvalue weighted by atomic mass is 10.2. The van der Waals surface area contributed by atoms with E-state index in [0.717, 1.165) is 9.75 Å². The molecule has 0 radical (unpaired) electrons. The van der Waals surface area contributed by atoms with E-state index in [2.05, 4.69) is 0 Å². The van der Waals surface area contributed by atoms with Gasteiger partial charge in [0.1, 0.15) is 0 Å². The van der Waals surface area contributed by atoms with Crippen LogP contribution in [0.5, 0.6) is 0 Å². The lowest BCUT2D eigenvalue weighted by molar-refractivity contribution is 0.0527. The number of carbonyl (C=O) groups is 1. The van der Waals surface area contributed by atoms with E-state index in [9.17, 15) is 4.79 Å². The Bertz CT molecular complexity index is 331. The maximum absolute atomic E-state index is 11.4. The van der Waals surface area contributed by atoms with Gasteiger partial charge in [-0.25, -0.2) is 4.79 Å². The Morgan fingerprint density at radius 1 is 1.46 bits per heavy atom. The maximum Gasteiger partial charge on any atom is 0.341 e. The molecule has 0 atom stereocenters. The average Bonchev–Trinajstić information content (AvgIpc) is 2.27. The number of nitrogens with two attached hydrogens (primary N) is 1. The minimum Gasteiger partial charge on any atom is -0.462 e. The van der Waals surface area contributed by atoms with Gasteiger partial charge in [-0.1, -0.05) is 0 Å². The van der Waals surface area contributed by atoms with Crippen molar-refractivity contribution in [1.29, 1.82) is 0 Å². The van der Waals surface area contributed by atoms with Crippen LogP contribution in [-0.4, -0.2) is 12.6 Å². The van der Waals surface area contributed by atoms with Gasteiger partial charge in [0.05, 0.1) is 17.9 Å². The Labute approximate surface area is 81.5 Å². The predicted octanol–water partition coefficient (Wildman–Crippen LogP) is 2.12. The number of nitrogen functional groups attached to an aromatic ring is 1. The summed E-state index contributed by atoms with van der Waals surface area (Å²) in [6, 6.07) is 0. The zero-order valence-electron chi connectivity index (χ0n) is 8.01. The number of esters is 1. The first-order chi connectivity index (χ1) is 6.07. The molecule has 0 spiro atoms. The standard InChI is InChI=1S/C9H13NO2S/c1-4-12-9(11)7-5(2)13-6(3)8(7)10/h4,10H2,1-3H3. The first kappa shape index (κ1) is 10.1. The first-order valence-corrected chi connectivity index (χ1v) is 4.92. The molecule has 13 heavy (non-hydrogen) atoms. The maximum atomic E-state index is 11.4. The number of hydrogen-bond acceptors (Lipinski definition) is 4. The zero-order valence-corrected chi connectivity index (χ0v) is 8.83. The minimum atomic E-state index is -0.318. The Hall–Kier alpha value is -1.03. The van der Waals surface area contributed by atoms with Gasteiger partial charge in [0, 0.05) is 9.75 Å². The van der Waals surface area contributed by atoms with Gasteiger partial charge in [-0.3, -0.25) is 0 Å². The van der Waals surface area contributed by atoms with Gasteiger partial charge >= 0.3 is 5.97 Å². The fraction of sp³-hybridized carbons (Fsp3) is 0.444. The summed E-state index contributed by atoms with van der Waals surface area (Å²) in [4.78, 5) is 13.3. The third-order valence-corrected chi connectivity index (χ3v) is 2.82. The summed E-state index contributed by atoms with van der Waals surface area (Å²) in [6.45, 7) is 5.94. The molecule has 1 aromatic heterocycles. The normalized spacial score (nSPS) is 10.1. The SMILES string of the molecule is CCOC(=O)c1c(C)sc(C)c1N. The molecule has 1 heterocycles. The van der Waals surface area contributed by atoms with Crippen LogP contribution in [0.1, 0.15) is 27.0 Å². The second-order valence-electron chi connectivity index (χ2n) is 2.72. The van der Waals surface area contributed by atoms with Gasteiger partial charge in [0.25, 0.3) is 0 Å². The number of thiophene rings is 1. The van der Waals surface area contributed by atoms with E-state index in [1.54, 1.807) is 6.92 Å². The fourth-order valence-corrected chi connectivity index (χ4v) is 2.12. The van der Waals surface area contributed by atoms with Crippen LogP contribution in [0.4, 0.5) is 5.69 Å². The topological polar surface area (TPSA) is 52.3 Å². The Balaban J connectivity index is 3.06. The predicted molar refractivity (Wildman–Crippen MR) is 54.2 cm³/mol. The van der Waals surface area contributed by atoms with E-state index in [1.807, 2.05) is 13.8 Å². The van der Waals surface area contributed by atoms with Gasteiger partial charge in [0.2, 0.25) is 0 Å². The van der Waals surface area contributed by atoms with Crippen LogP contribution in [-0.2, 0) is 4.74 Å². The summed E-state index contributed by atoms with van der Waals surface area (Å²) in [7, 11) is 0. The molecule has 0 fully saturated rings. The van der Waals surface area contributed by atoms with Crippen molar-refractivity contribution >= 4 is 23.0 Å². The van der Waals surface area contributed by atoms with Crippen LogP contribution in [0.15, 0.2) is 0 Å². The van der Waals surface area contributed by atoms with E-state index in [-0.39, 0.29) is 5.97 Å². The second-order valence-corrected chi connectivity index (χ2v) is 4.15. The van der Waals surface area contributed by atoms with Crippen LogP contribution < -0.4 is 5.73 Å². The first-order valence-electron chi connectivity index (χ1n) is 4.10. The molecule has 0 aliphatic heterocycles. The Kier molecular flexibility index (Phi) is 2.93. The van der Waals surface area contributed by atoms with Crippen LogP contribution in [0.3, 0.4) is 0 Å². The molecule has 4 heteroatoms. The van der Waals surface area contributed by atoms with Crippen molar-refractivity contribution in [2.45, 2.75) is 20.8 Å². The van der Waals surface area contributed by atoms with Crippen molar-refractivity contribution in [3.05, 3.63) is 15.3 Å². The second kappa shape index (κ2) is 3.79. The van der Waals surface area contributed by atoms with E-state index < -0.39 is 0 Å². The smallest absolute Gasteiger partial charge is 0.341 e. The quantitative estimate of drug-likeness (QED) is 0.742. The molecule has 0 amide bonds. The van der Waals surface area contributed by atoms with Gasteiger partial charge in [-0.05, 0) is 20.8 Å². The molecule has 0 saturated carbocycles. The summed E-state index contributed by atoms with van der Waals surface area (Å²) < 4.78 is 4.89. The summed E-state index contributed by atoms with van der Waals surface area (Å²) in [5.41, 5.74) is 6.83. The lowest BCUT2D eigenvalue weighted by Crippen LogP contribution is -2.07. The van der Waals surface area contributed by atoms with E-state index >= 15 is 0 Å². The van der Waals surface area contributed by atoms with Crippen molar-refractivity contribution in [1.82, 2.24) is 0 Å². The molecular weight excluding hydrogens is 186 g/mol. The molecule has 72 valence electrons. The van der Waals surface area contributed by atoms with Gasteiger partial charge in [-0.15, -0.1) is 11.3 Å². The van der Waals surface area contributed by atoms with Crippen molar-refractivity contribution < 1.29 is 9.53 Å². The molecule has 0 unspecified atom stereocenters. The highest BCUT2D eigenvalue weighted by atomic mass is 32.1. The molecule has 1 rings (SSSR count). The number of ether oxygens (including phenoxy) is 1. The molecule has 0 aliphatic rings. The summed E-state index contributed by atoms with van der Waals surface area (Å²) in [6.07, 6.45) is 0. The molecule has 2 N–H and O–H groups in total. The highest BCUT2D eigenvalue weighted by Crippen LogP contribution is 2.29. The van der Waals surface area contributed by atoms with E-state index in [4.69, 9.17) is 10.5 Å². The molecular formula is C9H13NO2S. The monoisotopic (exact) mass is 199 g/mol. The number of rotatable bonds is 2. The lowest BCUT2D eigenvalue weighted by Gasteiger charge is -2.01. The third-order valence-electron chi connectivity index (χ3n) is 1.79. The van der Waals surface area contributed by atoms with Gasteiger partial charge in [0.15, 0.2) is 0 Å². The summed E-state index contributed by atoms with van der Waals surface area (Å²) in [5.74, 6) is -0.318. The highest BCUT2D eigenvalue weighted by Gasteiger charge is 2.18. The Morgan fingerprint density at radius 2 is 2.08 bits per heavy atom. The average molecular weight is 199 g/mol. The molecule has 0 bridgehead atoms. The van der Waals surface area contributed by atoms with Crippen LogP contribution >= 0.6 is 11.3 Å². The summed E-state index contributed by atoms with van der Waals surface area (Å²) >= 11 is 1.52. The highest BCUT2D eigenvalue weighted by molar-refractivity contribution is 7.12. The fourth-order valence-electron chi connectivity index (χ4n) is 1.16. The third kappa shape index (κ3) is 1.83. The van der Waals surface area contributed by atoms with Crippen molar-refractivity contribution in [2.24, 2.45) is 0 Å². The van der Waals surface area contributed by atoms with Crippen molar-refractivity contribution in [2.75, 3.05) is 12.3 Å². The van der Waals surface area contributed by atoms with Crippen LogP contribution in [0.25, 0.3) is 0 Å². The molecule has 0 aromatic carbocycles. The number of anilines is 1. The van der Waals surface area contributed by atoms with Gasteiger partial charge < -0.3 is 10.5 Å². The minimum absolute atomic E-state index is 0.318. The number of aryl methyl sites for hydroxylation is 2. The van der Waals surface area contributed by atoms with Crippen molar-refractivity contribution in [3.8, 4) is 0 Å². The molecule has 1 aromatic rings. The van der Waals surface area contributed by atoms with Crippen molar-refractivity contribution in [3.63, 3.8) is 0 Å². The van der Waals surface area contributed by atoms with E-state index in [1.165, 1.54) is 11.3 Å². The van der Waals surface area contributed by atoms with E-state index in [0.29, 0.717) is 17.9 Å². The Morgan fingerprint density at radius 3 is 2.46 bits per heavy atom. The number of carbonyl (C=O) groups excluding carboxylic acids is 1. The molecule has 0 aliphatic carbocycles. The zero-order chi connectivity index (χ0) is 10.0. The molecule has 0 saturated heterocycles.